The van der Waals surface area contributed by atoms with Gasteiger partial charge in [-0.25, -0.2) is 0 Å². The summed E-state index contributed by atoms with van der Waals surface area (Å²) >= 11 is 1.29. The Hall–Kier alpha value is -4.22. The average molecular weight is 1490 g/mol. The van der Waals surface area contributed by atoms with Crippen LogP contribution in [0.5, 0.6) is 0 Å². The predicted molar refractivity (Wildman–Crippen MR) is 429 cm³/mol. The van der Waals surface area contributed by atoms with Gasteiger partial charge in [0.05, 0.1) is 12.6 Å². The molecule has 0 aliphatic carbocycles. The molecule has 15 N–H and O–H groups in total. The number of nitrogens with one attached hydrogen (secondary N) is 6. The number of aldehydes is 1. The van der Waals surface area contributed by atoms with Crippen LogP contribution in [-0.4, -0.2) is 145 Å². The van der Waals surface area contributed by atoms with Gasteiger partial charge in [0.15, 0.2) is 0 Å². The first-order valence-electron chi connectivity index (χ1n) is 42.6. The van der Waals surface area contributed by atoms with Crippen LogP contribution in [-0.2, 0) is 47.9 Å². The Balaban J connectivity index is 6.58. The third-order valence-corrected chi connectivity index (χ3v) is 21.0. The van der Waals surface area contributed by atoms with Crippen molar-refractivity contribution in [3.05, 3.63) is 0 Å². The van der Waals surface area contributed by atoms with E-state index in [1.54, 1.807) is 0 Å². The highest BCUT2D eigenvalue weighted by atomic mass is 32.2. The van der Waals surface area contributed by atoms with Crippen molar-refractivity contribution in [3.63, 3.8) is 0 Å². The van der Waals surface area contributed by atoms with Gasteiger partial charge in [-0.2, -0.15) is 11.8 Å². The van der Waals surface area contributed by atoms with Gasteiger partial charge in [-0.1, -0.05) is 252 Å². The number of carbonyl (C=O) groups excluding carboxylic acids is 9. The second-order valence-corrected chi connectivity index (χ2v) is 30.7. The first-order chi connectivity index (χ1) is 50.7. The number of thioether (sulfide) groups is 1. The minimum Gasteiger partial charge on any atom is -0.461 e. The van der Waals surface area contributed by atoms with Crippen molar-refractivity contribution >= 4 is 65.2 Å². The number of aliphatic hydroxyl groups is 1. The van der Waals surface area contributed by atoms with Gasteiger partial charge in [-0.3, -0.25) is 38.4 Å². The number of amides is 6. The first kappa shape index (κ1) is 99.8. The maximum absolute atomic E-state index is 14.5. The number of ether oxygens (including phenoxy) is 1. The molecular formula is C82H158N10O11S. The maximum atomic E-state index is 14.5. The van der Waals surface area contributed by atoms with E-state index in [0.29, 0.717) is 109 Å². The van der Waals surface area contributed by atoms with E-state index in [4.69, 9.17) is 27.7 Å². The van der Waals surface area contributed by atoms with Crippen molar-refractivity contribution in [3.8, 4) is 0 Å². The summed E-state index contributed by atoms with van der Waals surface area (Å²) in [5.41, 5.74) is 23.1. The topological polar surface area (TPSA) is 359 Å². The largest absolute Gasteiger partial charge is 0.461 e. The van der Waals surface area contributed by atoms with Crippen molar-refractivity contribution in [2.45, 2.75) is 423 Å². The number of hydrogen-bond acceptors (Lipinski definition) is 16. The first-order valence-corrected chi connectivity index (χ1v) is 43.8. The average Bonchev–Trinajstić information content (AvgIpc) is 0.866. The molecule has 0 saturated heterocycles. The number of rotatable bonds is 79. The molecule has 0 aliphatic heterocycles. The maximum Gasteiger partial charge on any atom is 0.306 e. The zero-order valence-electron chi connectivity index (χ0n) is 66.4. The molecule has 0 aromatic rings. The number of hydrogen-bond donors (Lipinski definition) is 11. The van der Waals surface area contributed by atoms with Gasteiger partial charge in [-0.05, 0) is 129 Å². The molecule has 0 saturated carbocycles. The Morgan fingerprint density at radius 1 is 0.327 bits per heavy atom. The molecule has 0 spiro atoms. The van der Waals surface area contributed by atoms with Gasteiger partial charge < -0.3 is 69.5 Å². The summed E-state index contributed by atoms with van der Waals surface area (Å²) < 4.78 is 6.14. The van der Waals surface area contributed by atoms with E-state index < -0.39 is 78.5 Å². The van der Waals surface area contributed by atoms with Crippen LogP contribution in [0.4, 0.5) is 0 Å². The second kappa shape index (κ2) is 74.3. The highest BCUT2D eigenvalue weighted by Crippen LogP contribution is 2.21. The second-order valence-electron chi connectivity index (χ2n) is 29.6. The standard InChI is InChI=1S/C82H158N10O11S/c1-4-7-10-13-16-19-22-25-28-31-34-37-40-52-69(95)58-59-70(103-77(97)57-42-39-36-33-30-27-24-21-18-15-12-9-6-3)66-104-67-75(88-76(96)56-41-38-35-32-29-26-23-20-17-14-11-8-5-2)82(102)92-74(65-94)81(101)91-73(55-46-50-63-86)80(100)90-72(54-45-49-62-85)79(99)89-71(53-44-48-61-84)78(98)87-68(64-93)51-43-47-60-83/h64,68,70-75,94H,4-63,65-67,83-86H2,1-3H3,(H,87,98)(H,88,96)(H,89,99)(H,90,100)(H,91,101)(H,92,102)/t68-,70?,71?,72-,73?,74-,75?/m0/s1. The van der Waals surface area contributed by atoms with Crippen molar-refractivity contribution < 1.29 is 53.0 Å². The molecule has 0 rings (SSSR count). The lowest BCUT2D eigenvalue weighted by Gasteiger charge is -2.27. The lowest BCUT2D eigenvalue weighted by atomic mass is 10.0. The molecule has 0 aromatic carbocycles. The predicted octanol–water partition coefficient (Wildman–Crippen LogP) is 14.0. The minimum atomic E-state index is -1.58. The summed E-state index contributed by atoms with van der Waals surface area (Å²) in [6, 6.07) is -7.11. The number of nitrogens with two attached hydrogens (primary N) is 4. The Morgan fingerprint density at radius 2 is 0.635 bits per heavy atom. The summed E-state index contributed by atoms with van der Waals surface area (Å²) in [5.74, 6) is -3.92. The number of esters is 1. The van der Waals surface area contributed by atoms with E-state index in [0.717, 1.165) is 64.2 Å². The van der Waals surface area contributed by atoms with E-state index in [-0.39, 0.29) is 74.2 Å². The molecule has 0 radical (unpaired) electrons. The number of unbranched alkanes of at least 4 members (excludes halogenated alkanes) is 40. The third-order valence-electron chi connectivity index (χ3n) is 19.9. The van der Waals surface area contributed by atoms with Crippen molar-refractivity contribution in [2.24, 2.45) is 22.9 Å². The van der Waals surface area contributed by atoms with Gasteiger partial charge in [-0.15, -0.1) is 0 Å². The molecule has 104 heavy (non-hydrogen) atoms. The van der Waals surface area contributed by atoms with E-state index >= 15 is 0 Å². The molecule has 22 heteroatoms. The van der Waals surface area contributed by atoms with Gasteiger partial charge in [0, 0.05) is 37.2 Å². The Kier molecular flexibility index (Phi) is 71.2. The summed E-state index contributed by atoms with van der Waals surface area (Å²) in [7, 11) is 0. The van der Waals surface area contributed by atoms with Crippen molar-refractivity contribution in [1.29, 1.82) is 0 Å². The Morgan fingerprint density at radius 3 is 0.990 bits per heavy atom. The number of ketones is 1. The fourth-order valence-electron chi connectivity index (χ4n) is 13.1. The third kappa shape index (κ3) is 59.8. The monoisotopic (exact) mass is 1490 g/mol. The number of carbonyl (C=O) groups is 9. The Labute approximate surface area is 636 Å². The van der Waals surface area contributed by atoms with Gasteiger partial charge >= 0.3 is 5.97 Å². The van der Waals surface area contributed by atoms with E-state index in [1.807, 2.05) is 0 Å². The molecule has 21 nitrogen and oxygen atoms in total. The molecule has 4 unspecified atom stereocenters. The minimum absolute atomic E-state index is 0.00941. The SMILES string of the molecule is CCCCCCCCCCCCCCCC(=O)CCC(CSCC(NC(=O)CCCCCCCCCCCCCCC)C(=O)N[C@@H](CO)C(=O)NC(CCCCN)C(=O)N[C@@H](CCCCN)C(=O)NC(CCCCN)C(=O)N[C@H](C=O)CCCCN)OC(=O)CCCCCCCCCCCCCCC. The number of Topliss-reactive ketones (excluding diaryl/α,β-unsaturated/α-hetero) is 1. The zero-order chi connectivity index (χ0) is 76.6. The highest BCUT2D eigenvalue weighted by molar-refractivity contribution is 7.99. The summed E-state index contributed by atoms with van der Waals surface area (Å²) in [6.07, 6.45) is 52.3. The highest BCUT2D eigenvalue weighted by Gasteiger charge is 2.33. The number of aliphatic hydroxyl groups excluding tert-OH is 1. The van der Waals surface area contributed by atoms with E-state index in [9.17, 15) is 48.3 Å². The van der Waals surface area contributed by atoms with Crippen LogP contribution in [0.25, 0.3) is 0 Å². The molecule has 0 bridgehead atoms. The molecule has 0 aliphatic rings. The van der Waals surface area contributed by atoms with Crippen LogP contribution in [0.1, 0.15) is 380 Å². The smallest absolute Gasteiger partial charge is 0.306 e. The lowest BCUT2D eigenvalue weighted by molar-refractivity contribution is -0.149. The molecule has 0 fully saturated rings. The molecule has 6 amide bonds. The molecule has 7 atom stereocenters. The molecule has 608 valence electrons. The molecule has 0 aromatic heterocycles. The molecular weight excluding hydrogens is 1330 g/mol. The van der Waals surface area contributed by atoms with Crippen LogP contribution in [0.3, 0.4) is 0 Å². The summed E-state index contributed by atoms with van der Waals surface area (Å²) in [6.45, 7) is 7.24. The van der Waals surface area contributed by atoms with Crippen molar-refractivity contribution in [1.82, 2.24) is 31.9 Å². The van der Waals surface area contributed by atoms with Gasteiger partial charge in [0.25, 0.3) is 0 Å². The zero-order valence-corrected chi connectivity index (χ0v) is 67.2. The van der Waals surface area contributed by atoms with Gasteiger partial charge in [0.1, 0.15) is 48.4 Å². The van der Waals surface area contributed by atoms with Crippen molar-refractivity contribution in [2.75, 3.05) is 44.3 Å². The fourth-order valence-corrected chi connectivity index (χ4v) is 14.2. The molecule has 0 heterocycles. The van der Waals surface area contributed by atoms with Crippen LogP contribution in [0, 0.1) is 0 Å². The van der Waals surface area contributed by atoms with E-state index in [1.165, 1.54) is 185 Å². The van der Waals surface area contributed by atoms with Crippen LogP contribution < -0.4 is 54.8 Å². The Bertz CT molecular complexity index is 2120. The summed E-state index contributed by atoms with van der Waals surface area (Å²) in [5, 5.41) is 27.4. The quantitative estimate of drug-likeness (QED) is 0.0153. The van der Waals surface area contributed by atoms with Crippen LogP contribution >= 0.6 is 11.8 Å². The summed E-state index contributed by atoms with van der Waals surface area (Å²) in [4.78, 5) is 124. The van der Waals surface area contributed by atoms with Crippen LogP contribution in [0.2, 0.25) is 0 Å². The van der Waals surface area contributed by atoms with Crippen LogP contribution in [0.15, 0.2) is 0 Å². The van der Waals surface area contributed by atoms with E-state index in [2.05, 4.69) is 52.7 Å². The fraction of sp³-hybridized carbons (Fsp3) is 0.890. The lowest BCUT2D eigenvalue weighted by Crippen LogP contribution is -2.60. The normalized spacial score (nSPS) is 13.4. The van der Waals surface area contributed by atoms with Gasteiger partial charge in [0.2, 0.25) is 35.4 Å².